The summed E-state index contributed by atoms with van der Waals surface area (Å²) in [5, 5.41) is 15.4. The van der Waals surface area contributed by atoms with Crippen LogP contribution in [-0.2, 0) is 4.74 Å². The van der Waals surface area contributed by atoms with Gasteiger partial charge >= 0.3 is 5.97 Å². The highest BCUT2D eigenvalue weighted by molar-refractivity contribution is 7.99. The molecule has 4 aromatic rings. The number of aromatic amines is 1. The van der Waals surface area contributed by atoms with Gasteiger partial charge in [0.1, 0.15) is 22.7 Å². The van der Waals surface area contributed by atoms with Crippen LogP contribution in [0, 0.1) is 0 Å². The van der Waals surface area contributed by atoms with Gasteiger partial charge in [-0.25, -0.2) is 14.3 Å². The highest BCUT2D eigenvalue weighted by atomic mass is 32.2. The van der Waals surface area contributed by atoms with Gasteiger partial charge in [-0.05, 0) is 37.3 Å². The van der Waals surface area contributed by atoms with E-state index >= 15 is 0 Å². The highest BCUT2D eigenvalue weighted by Gasteiger charge is 2.10. The minimum absolute atomic E-state index is 0.329. The van der Waals surface area contributed by atoms with E-state index in [9.17, 15) is 4.79 Å². The molecule has 3 heterocycles. The first-order valence-corrected chi connectivity index (χ1v) is 9.10. The molecule has 0 aliphatic rings. The molecule has 0 spiro atoms. The lowest BCUT2D eigenvalue weighted by atomic mass is 10.2. The van der Waals surface area contributed by atoms with Gasteiger partial charge in [-0.1, -0.05) is 17.8 Å². The van der Waals surface area contributed by atoms with E-state index in [-0.39, 0.29) is 5.97 Å². The van der Waals surface area contributed by atoms with Crippen LogP contribution >= 0.6 is 11.8 Å². The normalized spacial score (nSPS) is 10.9. The Morgan fingerprint density at radius 2 is 2.22 bits per heavy atom. The van der Waals surface area contributed by atoms with Crippen molar-refractivity contribution in [2.24, 2.45) is 0 Å². The fraction of sp³-hybridized carbons (Fsp3) is 0.111. The third-order valence-corrected chi connectivity index (χ3v) is 4.62. The number of ether oxygens (including phenoxy) is 1. The van der Waals surface area contributed by atoms with E-state index in [0.29, 0.717) is 23.8 Å². The summed E-state index contributed by atoms with van der Waals surface area (Å²) in [6.45, 7) is 2.14. The summed E-state index contributed by atoms with van der Waals surface area (Å²) < 4.78 is 6.78. The summed E-state index contributed by atoms with van der Waals surface area (Å²) in [7, 11) is 0. The number of H-pyrrole nitrogens is 1. The van der Waals surface area contributed by atoms with E-state index in [0.717, 1.165) is 15.4 Å². The third-order valence-electron chi connectivity index (χ3n) is 3.71. The molecule has 0 unspecified atom stereocenters. The molecule has 0 aliphatic carbocycles. The van der Waals surface area contributed by atoms with Crippen molar-refractivity contribution in [1.29, 1.82) is 0 Å². The summed E-state index contributed by atoms with van der Waals surface area (Å²) in [6.07, 6.45) is 3.34. The highest BCUT2D eigenvalue weighted by Crippen LogP contribution is 2.29. The van der Waals surface area contributed by atoms with Crippen molar-refractivity contribution >= 4 is 34.9 Å². The Balaban J connectivity index is 1.49. The van der Waals surface area contributed by atoms with Crippen molar-refractivity contribution in [2.75, 3.05) is 11.9 Å². The monoisotopic (exact) mass is 380 g/mol. The predicted molar refractivity (Wildman–Crippen MR) is 101 cm³/mol. The average Bonchev–Trinajstić information content (AvgIpc) is 3.32. The van der Waals surface area contributed by atoms with Gasteiger partial charge in [0.25, 0.3) is 0 Å². The first kappa shape index (κ1) is 17.1. The van der Waals surface area contributed by atoms with E-state index in [4.69, 9.17) is 4.74 Å². The second kappa shape index (κ2) is 7.50. The molecular formula is C18H16N6O2S. The largest absolute Gasteiger partial charge is 0.462 e. The van der Waals surface area contributed by atoms with Crippen molar-refractivity contribution in [3.05, 3.63) is 60.6 Å². The van der Waals surface area contributed by atoms with Crippen LogP contribution in [0.5, 0.6) is 0 Å². The molecule has 0 amide bonds. The van der Waals surface area contributed by atoms with Crippen molar-refractivity contribution in [1.82, 2.24) is 24.8 Å². The fourth-order valence-electron chi connectivity index (χ4n) is 2.53. The predicted octanol–water partition coefficient (Wildman–Crippen LogP) is 3.52. The van der Waals surface area contributed by atoms with Crippen LogP contribution in [0.3, 0.4) is 0 Å². The number of nitrogens with one attached hydrogen (secondary N) is 2. The second-order valence-corrected chi connectivity index (χ2v) is 6.64. The summed E-state index contributed by atoms with van der Waals surface area (Å²) in [4.78, 5) is 17.0. The van der Waals surface area contributed by atoms with Gasteiger partial charge < -0.3 is 10.1 Å². The van der Waals surface area contributed by atoms with Crippen LogP contribution in [-0.4, -0.2) is 37.4 Å². The fourth-order valence-corrected chi connectivity index (χ4v) is 3.37. The van der Waals surface area contributed by atoms with Gasteiger partial charge in [-0.15, -0.1) is 0 Å². The third kappa shape index (κ3) is 3.77. The lowest BCUT2D eigenvalue weighted by Gasteiger charge is -2.04. The maximum Gasteiger partial charge on any atom is 0.338 e. The number of carbonyl (C=O) groups excluding carboxylic acids is 1. The van der Waals surface area contributed by atoms with Gasteiger partial charge in [0.2, 0.25) is 0 Å². The Kier molecular flexibility index (Phi) is 4.75. The topological polar surface area (TPSA) is 97.2 Å². The van der Waals surface area contributed by atoms with Crippen LogP contribution < -0.4 is 5.32 Å². The number of hydrogen-bond donors (Lipinski definition) is 2. The van der Waals surface area contributed by atoms with Gasteiger partial charge in [0.05, 0.1) is 12.2 Å². The maximum atomic E-state index is 11.9. The van der Waals surface area contributed by atoms with Crippen LogP contribution in [0.2, 0.25) is 0 Å². The van der Waals surface area contributed by atoms with Gasteiger partial charge in [-0.2, -0.15) is 10.2 Å². The van der Waals surface area contributed by atoms with E-state index in [1.54, 1.807) is 23.6 Å². The standard InChI is InChI=1S/C18H16N6O2S/c1-2-26-18(25)12-5-3-6-13(9-12)27-16-10-15(22-23-16)21-17-14-7-4-8-24(14)20-11-19-17/h3-11H,2H2,1H3,(H2,19,20,21,22,23). The number of hydrogen-bond acceptors (Lipinski definition) is 7. The Labute approximate surface area is 159 Å². The molecule has 0 saturated heterocycles. The van der Waals surface area contributed by atoms with Crippen molar-refractivity contribution in [2.45, 2.75) is 16.8 Å². The first-order valence-electron chi connectivity index (χ1n) is 8.29. The number of esters is 1. The minimum Gasteiger partial charge on any atom is -0.462 e. The number of benzene rings is 1. The van der Waals surface area contributed by atoms with Gasteiger partial charge in [0, 0.05) is 17.2 Å². The summed E-state index contributed by atoms with van der Waals surface area (Å²) >= 11 is 1.45. The number of aromatic nitrogens is 5. The number of rotatable bonds is 6. The van der Waals surface area contributed by atoms with E-state index < -0.39 is 0 Å². The number of nitrogens with zero attached hydrogens (tertiary/aromatic N) is 4. The molecule has 136 valence electrons. The Morgan fingerprint density at radius 3 is 3.11 bits per heavy atom. The van der Waals surface area contributed by atoms with Crippen LogP contribution in [0.4, 0.5) is 11.6 Å². The van der Waals surface area contributed by atoms with Gasteiger partial charge in [0.15, 0.2) is 5.82 Å². The lowest BCUT2D eigenvalue weighted by molar-refractivity contribution is 0.0526. The van der Waals surface area contributed by atoms with Crippen LogP contribution in [0.1, 0.15) is 17.3 Å². The molecule has 0 fully saturated rings. The quantitative estimate of drug-likeness (QED) is 0.494. The molecule has 0 saturated carbocycles. The second-order valence-electron chi connectivity index (χ2n) is 5.54. The Bertz CT molecular complexity index is 1090. The smallest absolute Gasteiger partial charge is 0.338 e. The molecule has 0 atom stereocenters. The van der Waals surface area contributed by atoms with Crippen molar-refractivity contribution < 1.29 is 9.53 Å². The molecule has 4 rings (SSSR count). The Morgan fingerprint density at radius 1 is 1.30 bits per heavy atom. The zero-order chi connectivity index (χ0) is 18.6. The molecule has 9 heteroatoms. The van der Waals surface area contributed by atoms with Crippen molar-refractivity contribution in [3.8, 4) is 0 Å². The average molecular weight is 380 g/mol. The molecule has 0 aliphatic heterocycles. The molecule has 1 aromatic carbocycles. The van der Waals surface area contributed by atoms with E-state index in [1.165, 1.54) is 18.1 Å². The molecule has 3 aromatic heterocycles. The minimum atomic E-state index is -0.329. The van der Waals surface area contributed by atoms with Crippen LogP contribution in [0.15, 0.2) is 64.9 Å². The first-order chi connectivity index (χ1) is 13.2. The van der Waals surface area contributed by atoms with Crippen LogP contribution in [0.25, 0.3) is 5.52 Å². The SMILES string of the molecule is CCOC(=O)c1cccc(Sc2cc(Nc3ncnn4cccc34)[nH]n2)c1. The summed E-state index contributed by atoms with van der Waals surface area (Å²) in [5.41, 5.74) is 1.38. The molecule has 27 heavy (non-hydrogen) atoms. The lowest BCUT2D eigenvalue weighted by Crippen LogP contribution is -2.04. The molecule has 0 bridgehead atoms. The summed E-state index contributed by atoms with van der Waals surface area (Å²) in [5.74, 6) is 1.06. The zero-order valence-electron chi connectivity index (χ0n) is 14.4. The maximum absolute atomic E-state index is 11.9. The molecule has 2 N–H and O–H groups in total. The van der Waals surface area contributed by atoms with E-state index in [1.807, 2.05) is 36.5 Å². The molecule has 8 nitrogen and oxygen atoms in total. The number of fused-ring (bicyclic) bond motifs is 1. The van der Waals surface area contributed by atoms with E-state index in [2.05, 4.69) is 25.6 Å². The van der Waals surface area contributed by atoms with Crippen molar-refractivity contribution in [3.63, 3.8) is 0 Å². The number of carbonyl (C=O) groups is 1. The zero-order valence-corrected chi connectivity index (χ0v) is 15.2. The van der Waals surface area contributed by atoms with Gasteiger partial charge in [-0.3, -0.25) is 5.10 Å². The molecular weight excluding hydrogens is 364 g/mol. The molecule has 0 radical (unpaired) electrons. The number of anilines is 2. The Hall–Kier alpha value is -3.33. The summed E-state index contributed by atoms with van der Waals surface area (Å²) in [6, 6.07) is 13.0.